The van der Waals surface area contributed by atoms with Crippen LogP contribution in [-0.4, -0.2) is 0 Å². The Hall–Kier alpha value is -1.18. The number of nitrogens with two attached hydrogens (primary N) is 2. The lowest BCUT2D eigenvalue weighted by Gasteiger charge is -1.89. The third-order valence-electron chi connectivity index (χ3n) is 0.789. The summed E-state index contributed by atoms with van der Waals surface area (Å²) in [6.45, 7) is 0. The van der Waals surface area contributed by atoms with Crippen molar-refractivity contribution < 1.29 is 0 Å². The van der Waals surface area contributed by atoms with Gasteiger partial charge in [-0.05, 0) is 12.1 Å². The van der Waals surface area contributed by atoms with Gasteiger partial charge in [-0.3, -0.25) is 0 Å². The predicted molar refractivity (Wildman–Crippen MR) is 32.9 cm³/mol. The van der Waals surface area contributed by atoms with E-state index in [4.69, 9.17) is 11.5 Å². The zero-order valence-corrected chi connectivity index (χ0v) is 4.31. The van der Waals surface area contributed by atoms with Crippen LogP contribution in [0.5, 0.6) is 0 Å². The lowest BCUT2D eigenvalue weighted by atomic mass is 10.3. The Balaban J connectivity index is 3.03. The van der Waals surface area contributed by atoms with Crippen molar-refractivity contribution >= 4 is 11.4 Å². The highest BCUT2D eigenvalue weighted by Gasteiger charge is 1.82. The largest absolute Gasteiger partial charge is 0.399 e. The van der Waals surface area contributed by atoms with Crippen LogP contribution in [0.4, 0.5) is 11.4 Å². The van der Waals surface area contributed by atoms with E-state index in [2.05, 4.69) is 12.1 Å². The van der Waals surface area contributed by atoms with E-state index < -0.39 is 0 Å². The summed E-state index contributed by atoms with van der Waals surface area (Å²) >= 11 is 0. The summed E-state index contributed by atoms with van der Waals surface area (Å²) in [5.74, 6) is 0. The molecule has 4 N–H and O–H groups in total. The monoisotopic (exact) mass is 106 g/mol. The fourth-order valence-electron chi connectivity index (χ4n) is 0.406. The Morgan fingerprint density at radius 3 is 2.00 bits per heavy atom. The van der Waals surface area contributed by atoms with Gasteiger partial charge in [0.1, 0.15) is 0 Å². The van der Waals surface area contributed by atoms with Crippen molar-refractivity contribution in [2.75, 3.05) is 11.5 Å². The molecule has 2 heteroatoms. The Kier molecular flexibility index (Phi) is 1.08. The van der Waals surface area contributed by atoms with Crippen molar-refractivity contribution in [2.45, 2.75) is 0 Å². The standard InChI is InChI=1S/C6H6N2/c7-5-1-2-6(8)4-3-5/h1,3H,7-8H2. The molecule has 1 aromatic rings. The number of rotatable bonds is 0. The normalized spacial score (nSPS) is 9.00. The van der Waals surface area contributed by atoms with Gasteiger partial charge in [0.2, 0.25) is 0 Å². The first-order chi connectivity index (χ1) is 3.79. The topological polar surface area (TPSA) is 52.0 Å². The van der Waals surface area contributed by atoms with E-state index in [9.17, 15) is 0 Å². The zero-order valence-electron chi connectivity index (χ0n) is 4.31. The van der Waals surface area contributed by atoms with Crippen LogP contribution in [0.1, 0.15) is 0 Å². The van der Waals surface area contributed by atoms with E-state index in [1.54, 1.807) is 12.1 Å². The third kappa shape index (κ3) is 0.904. The maximum Gasteiger partial charge on any atom is 0.0476 e. The molecule has 0 aliphatic rings. The first-order valence-electron chi connectivity index (χ1n) is 2.23. The number of nitrogen functional groups attached to an aromatic ring is 2. The minimum Gasteiger partial charge on any atom is -0.399 e. The van der Waals surface area contributed by atoms with Crippen molar-refractivity contribution in [3.05, 3.63) is 24.3 Å². The molecule has 0 aromatic heterocycles. The molecule has 0 fully saturated rings. The highest BCUT2D eigenvalue weighted by molar-refractivity contribution is 5.45. The predicted octanol–water partition coefficient (Wildman–Crippen LogP) is 0.451. The molecule has 0 atom stereocenters. The first kappa shape index (κ1) is 4.97. The molecule has 0 heterocycles. The third-order valence-corrected chi connectivity index (χ3v) is 0.789. The fraction of sp³-hybridized carbons (Fsp3) is 0. The molecule has 0 aliphatic heterocycles. The molecule has 0 saturated heterocycles. The molecule has 0 bridgehead atoms. The van der Waals surface area contributed by atoms with E-state index in [1.165, 1.54) is 0 Å². The molecule has 1 rings (SSSR count). The van der Waals surface area contributed by atoms with Crippen LogP contribution in [-0.2, 0) is 0 Å². The molecule has 0 aliphatic carbocycles. The molecule has 0 saturated carbocycles. The van der Waals surface area contributed by atoms with Gasteiger partial charge < -0.3 is 11.5 Å². The zero-order chi connectivity index (χ0) is 5.98. The second kappa shape index (κ2) is 1.74. The Bertz CT molecular complexity index is 145. The maximum absolute atomic E-state index is 5.31. The second-order valence-electron chi connectivity index (χ2n) is 1.49. The Labute approximate surface area is 48.1 Å². The second-order valence-corrected chi connectivity index (χ2v) is 1.49. The Morgan fingerprint density at radius 2 is 1.62 bits per heavy atom. The van der Waals surface area contributed by atoms with Crippen molar-refractivity contribution in [3.8, 4) is 0 Å². The number of hydrogen-bond donors (Lipinski definition) is 2. The number of anilines is 2. The highest BCUT2D eigenvalue weighted by Crippen LogP contribution is 2.02. The van der Waals surface area contributed by atoms with Crippen LogP contribution in [0.3, 0.4) is 0 Å². The molecule has 0 spiro atoms. The Morgan fingerprint density at radius 1 is 1.12 bits per heavy atom. The minimum atomic E-state index is 0.499. The molecule has 2 nitrogen and oxygen atoms in total. The molecule has 0 amide bonds. The smallest absolute Gasteiger partial charge is 0.0476 e. The van der Waals surface area contributed by atoms with E-state index in [0.29, 0.717) is 11.4 Å². The van der Waals surface area contributed by atoms with Gasteiger partial charge in [-0.25, -0.2) is 0 Å². The SMILES string of the molecule is Nc1[c]cc(N)c[c]1. The van der Waals surface area contributed by atoms with Crippen LogP contribution >= 0.6 is 0 Å². The van der Waals surface area contributed by atoms with Crippen LogP contribution in [0, 0.1) is 12.1 Å². The summed E-state index contributed by atoms with van der Waals surface area (Å²) in [6.07, 6.45) is 0. The molecule has 40 valence electrons. The lowest BCUT2D eigenvalue weighted by Crippen LogP contribution is -1.87. The van der Waals surface area contributed by atoms with Crippen molar-refractivity contribution in [1.82, 2.24) is 0 Å². The average molecular weight is 106 g/mol. The van der Waals surface area contributed by atoms with Gasteiger partial charge in [-0.2, -0.15) is 0 Å². The molecule has 8 heavy (non-hydrogen) atoms. The summed E-state index contributed by atoms with van der Waals surface area (Å²) in [5.41, 5.74) is 11.7. The van der Waals surface area contributed by atoms with Crippen molar-refractivity contribution in [3.63, 3.8) is 0 Å². The summed E-state index contributed by atoms with van der Waals surface area (Å²) in [7, 11) is 0. The van der Waals surface area contributed by atoms with Crippen LogP contribution in [0.2, 0.25) is 0 Å². The molecular weight excluding hydrogens is 100 g/mol. The molecular formula is C6H6N2. The molecule has 2 radical (unpaired) electrons. The van der Waals surface area contributed by atoms with E-state index in [-0.39, 0.29) is 0 Å². The van der Waals surface area contributed by atoms with Gasteiger partial charge in [0.25, 0.3) is 0 Å². The minimum absolute atomic E-state index is 0.499. The summed E-state index contributed by atoms with van der Waals surface area (Å²) in [4.78, 5) is 0. The number of benzene rings is 1. The molecule has 0 unspecified atom stereocenters. The quantitative estimate of drug-likeness (QED) is 0.472. The van der Waals surface area contributed by atoms with E-state index >= 15 is 0 Å². The summed E-state index contributed by atoms with van der Waals surface area (Å²) < 4.78 is 0. The first-order valence-corrected chi connectivity index (χ1v) is 2.23. The van der Waals surface area contributed by atoms with E-state index in [0.717, 1.165) is 0 Å². The fourth-order valence-corrected chi connectivity index (χ4v) is 0.406. The van der Waals surface area contributed by atoms with Gasteiger partial charge >= 0.3 is 0 Å². The highest BCUT2D eigenvalue weighted by atomic mass is 14.6. The van der Waals surface area contributed by atoms with Gasteiger partial charge in [-0.15, -0.1) is 0 Å². The van der Waals surface area contributed by atoms with Crippen molar-refractivity contribution in [2.24, 2.45) is 0 Å². The van der Waals surface area contributed by atoms with Gasteiger partial charge in [0, 0.05) is 23.5 Å². The summed E-state index contributed by atoms with van der Waals surface area (Å²) in [6, 6.07) is 8.63. The van der Waals surface area contributed by atoms with Gasteiger partial charge in [-0.1, -0.05) is 0 Å². The lowest BCUT2D eigenvalue weighted by molar-refractivity contribution is 1.64. The van der Waals surface area contributed by atoms with Gasteiger partial charge in [0.15, 0.2) is 0 Å². The van der Waals surface area contributed by atoms with Crippen LogP contribution in [0.15, 0.2) is 12.1 Å². The molecule has 1 aromatic carbocycles. The van der Waals surface area contributed by atoms with Gasteiger partial charge in [0.05, 0.1) is 0 Å². The van der Waals surface area contributed by atoms with Crippen LogP contribution in [0.25, 0.3) is 0 Å². The summed E-state index contributed by atoms with van der Waals surface area (Å²) in [5, 5.41) is 0. The maximum atomic E-state index is 5.31. The number of hydrogen-bond acceptors (Lipinski definition) is 2. The van der Waals surface area contributed by atoms with E-state index in [1.807, 2.05) is 0 Å². The average Bonchev–Trinajstić information content (AvgIpc) is 1.77. The van der Waals surface area contributed by atoms with Crippen LogP contribution < -0.4 is 11.5 Å². The van der Waals surface area contributed by atoms with Crippen molar-refractivity contribution in [1.29, 1.82) is 0 Å².